The van der Waals surface area contributed by atoms with E-state index in [4.69, 9.17) is 15.3 Å². The molecular formula is C23H16O6. The van der Waals surface area contributed by atoms with Crippen LogP contribution in [0.25, 0.3) is 21.5 Å². The van der Waals surface area contributed by atoms with Crippen molar-refractivity contribution < 1.29 is 29.7 Å². The molecule has 0 unspecified atom stereocenters. The second kappa shape index (κ2) is 8.22. The van der Waals surface area contributed by atoms with Gasteiger partial charge in [0.05, 0.1) is 16.7 Å². The fourth-order valence-electron chi connectivity index (χ4n) is 3.11. The molecule has 0 spiro atoms. The summed E-state index contributed by atoms with van der Waals surface area (Å²) in [6.45, 7) is 0. The van der Waals surface area contributed by atoms with E-state index in [0.29, 0.717) is 10.9 Å². The zero-order valence-electron chi connectivity index (χ0n) is 15.1. The Kier molecular flexibility index (Phi) is 5.55. The maximum atomic E-state index is 11.0. The molecule has 0 fully saturated rings. The summed E-state index contributed by atoms with van der Waals surface area (Å²) in [4.78, 5) is 32.8. The van der Waals surface area contributed by atoms with E-state index in [-0.39, 0.29) is 16.5 Å². The van der Waals surface area contributed by atoms with Crippen LogP contribution in [-0.2, 0) is 0 Å². The van der Waals surface area contributed by atoms with Crippen molar-refractivity contribution in [3.8, 4) is 0 Å². The van der Waals surface area contributed by atoms with Gasteiger partial charge in [0.2, 0.25) is 0 Å². The molecule has 0 bridgehead atoms. The smallest absolute Gasteiger partial charge is 0.336 e. The van der Waals surface area contributed by atoms with Crippen molar-refractivity contribution in [2.45, 2.75) is 0 Å². The quantitative estimate of drug-likeness (QED) is 0.466. The maximum Gasteiger partial charge on any atom is 0.336 e. The molecule has 144 valence electrons. The number of rotatable bonds is 3. The summed E-state index contributed by atoms with van der Waals surface area (Å²) in [5.74, 6) is -3.13. The van der Waals surface area contributed by atoms with Crippen molar-refractivity contribution in [1.29, 1.82) is 0 Å². The summed E-state index contributed by atoms with van der Waals surface area (Å²) in [7, 11) is 0. The summed E-state index contributed by atoms with van der Waals surface area (Å²) < 4.78 is 0. The minimum absolute atomic E-state index is 0.00972. The van der Waals surface area contributed by atoms with Gasteiger partial charge < -0.3 is 15.3 Å². The van der Waals surface area contributed by atoms with Crippen LogP contribution in [0.1, 0.15) is 31.1 Å². The lowest BCUT2D eigenvalue weighted by molar-refractivity contribution is 0.0685. The average molecular weight is 388 g/mol. The Labute approximate surface area is 165 Å². The second-order valence-electron chi connectivity index (χ2n) is 6.15. The number of carboxylic acids is 3. The zero-order chi connectivity index (χ0) is 21.0. The first kappa shape index (κ1) is 19.6. The maximum absolute atomic E-state index is 11.0. The lowest BCUT2D eigenvalue weighted by Gasteiger charge is -2.05. The van der Waals surface area contributed by atoms with Crippen LogP contribution in [0.4, 0.5) is 0 Å². The third-order valence-electron chi connectivity index (χ3n) is 4.39. The van der Waals surface area contributed by atoms with Gasteiger partial charge in [-0.1, -0.05) is 60.7 Å². The van der Waals surface area contributed by atoms with Crippen molar-refractivity contribution in [3.63, 3.8) is 0 Å². The monoisotopic (exact) mass is 388 g/mol. The number of aromatic carboxylic acids is 3. The highest BCUT2D eigenvalue weighted by Gasteiger charge is 2.15. The van der Waals surface area contributed by atoms with Gasteiger partial charge in [0.15, 0.2) is 0 Å². The molecule has 0 atom stereocenters. The van der Waals surface area contributed by atoms with Crippen LogP contribution in [0.2, 0.25) is 0 Å². The predicted octanol–water partition coefficient (Wildman–Crippen LogP) is 4.77. The third kappa shape index (κ3) is 4.06. The van der Waals surface area contributed by atoms with Crippen molar-refractivity contribution in [2.75, 3.05) is 0 Å². The number of fused-ring (bicyclic) bond motifs is 2. The molecule has 4 aromatic carbocycles. The van der Waals surface area contributed by atoms with Gasteiger partial charge in [-0.25, -0.2) is 14.4 Å². The lowest BCUT2D eigenvalue weighted by atomic mass is 9.99. The van der Waals surface area contributed by atoms with E-state index in [1.807, 2.05) is 30.3 Å². The van der Waals surface area contributed by atoms with Crippen LogP contribution in [0.3, 0.4) is 0 Å². The Balaban J connectivity index is 0.000000169. The highest BCUT2D eigenvalue weighted by atomic mass is 16.4. The molecule has 4 rings (SSSR count). The first-order chi connectivity index (χ1) is 13.9. The first-order valence-corrected chi connectivity index (χ1v) is 8.59. The van der Waals surface area contributed by atoms with Gasteiger partial charge in [-0.15, -0.1) is 0 Å². The number of hydrogen-bond acceptors (Lipinski definition) is 3. The standard InChI is InChI=1S/C12H8O4.C11H8O2/c13-11(14)8-5-1-3-7-4-2-6-9(10(7)8)12(15)16;12-11(13)10-7-3-5-8-4-1-2-6-9(8)10/h1-6H,(H,13,14)(H,15,16);1-7H,(H,12,13). The molecule has 0 aliphatic heterocycles. The molecule has 0 amide bonds. The minimum Gasteiger partial charge on any atom is -0.478 e. The first-order valence-electron chi connectivity index (χ1n) is 8.59. The predicted molar refractivity (Wildman–Crippen MR) is 109 cm³/mol. The molecule has 6 nitrogen and oxygen atoms in total. The normalized spacial score (nSPS) is 10.2. The van der Waals surface area contributed by atoms with E-state index in [2.05, 4.69) is 0 Å². The summed E-state index contributed by atoms with van der Waals surface area (Å²) in [5.41, 5.74) is 0.379. The molecule has 0 aliphatic rings. The molecular weight excluding hydrogens is 372 g/mol. The van der Waals surface area contributed by atoms with E-state index >= 15 is 0 Å². The largest absolute Gasteiger partial charge is 0.478 e. The van der Waals surface area contributed by atoms with E-state index in [9.17, 15) is 14.4 Å². The van der Waals surface area contributed by atoms with E-state index in [0.717, 1.165) is 10.8 Å². The van der Waals surface area contributed by atoms with E-state index in [1.165, 1.54) is 12.1 Å². The van der Waals surface area contributed by atoms with Crippen LogP contribution in [0, 0.1) is 0 Å². The van der Waals surface area contributed by atoms with Crippen molar-refractivity contribution >= 4 is 39.5 Å². The number of carbonyl (C=O) groups is 3. The summed E-state index contributed by atoms with van der Waals surface area (Å²) in [5, 5.41) is 29.5. The molecule has 0 aromatic heterocycles. The SMILES string of the molecule is O=C(O)c1cccc2cccc(C(=O)O)c12.O=C(O)c1cccc2ccccc12. The summed E-state index contributed by atoms with van der Waals surface area (Å²) in [6.07, 6.45) is 0. The number of hydrogen-bond donors (Lipinski definition) is 3. The molecule has 0 heterocycles. The lowest BCUT2D eigenvalue weighted by Crippen LogP contribution is -2.03. The highest BCUT2D eigenvalue weighted by Crippen LogP contribution is 2.23. The van der Waals surface area contributed by atoms with E-state index < -0.39 is 17.9 Å². The molecule has 3 N–H and O–H groups in total. The van der Waals surface area contributed by atoms with Gasteiger partial charge in [-0.05, 0) is 34.4 Å². The molecule has 29 heavy (non-hydrogen) atoms. The topological polar surface area (TPSA) is 112 Å². The fraction of sp³-hybridized carbons (Fsp3) is 0. The van der Waals surface area contributed by atoms with Crippen LogP contribution in [0.5, 0.6) is 0 Å². The van der Waals surface area contributed by atoms with Crippen LogP contribution in [0.15, 0.2) is 78.9 Å². The van der Waals surface area contributed by atoms with Gasteiger partial charge in [-0.3, -0.25) is 0 Å². The number of carboxylic acid groups (broad SMARTS) is 3. The molecule has 4 aromatic rings. The summed E-state index contributed by atoms with van der Waals surface area (Å²) >= 11 is 0. The van der Waals surface area contributed by atoms with Crippen molar-refractivity contribution in [2.24, 2.45) is 0 Å². The number of benzene rings is 4. The minimum atomic E-state index is -1.13. The second-order valence-corrected chi connectivity index (χ2v) is 6.15. The van der Waals surface area contributed by atoms with Gasteiger partial charge in [0.1, 0.15) is 0 Å². The molecule has 0 saturated carbocycles. The van der Waals surface area contributed by atoms with Gasteiger partial charge in [-0.2, -0.15) is 0 Å². The van der Waals surface area contributed by atoms with Gasteiger partial charge in [0, 0.05) is 5.39 Å². The average Bonchev–Trinajstić information content (AvgIpc) is 2.72. The zero-order valence-corrected chi connectivity index (χ0v) is 15.1. The van der Waals surface area contributed by atoms with Gasteiger partial charge >= 0.3 is 17.9 Å². The fourth-order valence-corrected chi connectivity index (χ4v) is 3.11. The molecule has 6 heteroatoms. The van der Waals surface area contributed by atoms with Crippen molar-refractivity contribution in [3.05, 3.63) is 95.6 Å². The van der Waals surface area contributed by atoms with E-state index in [1.54, 1.807) is 36.4 Å². The van der Waals surface area contributed by atoms with Crippen LogP contribution >= 0.6 is 0 Å². The molecule has 0 saturated heterocycles. The van der Waals surface area contributed by atoms with Gasteiger partial charge in [0.25, 0.3) is 0 Å². The molecule has 0 aliphatic carbocycles. The Morgan fingerprint density at radius 1 is 0.483 bits per heavy atom. The Morgan fingerprint density at radius 2 is 0.897 bits per heavy atom. The Hall–Kier alpha value is -4.19. The Morgan fingerprint density at radius 3 is 1.41 bits per heavy atom. The van der Waals surface area contributed by atoms with Crippen LogP contribution < -0.4 is 0 Å². The highest BCUT2D eigenvalue weighted by molar-refractivity contribution is 6.12. The molecule has 0 radical (unpaired) electrons. The van der Waals surface area contributed by atoms with Crippen LogP contribution in [-0.4, -0.2) is 33.2 Å². The summed E-state index contributed by atoms with van der Waals surface area (Å²) in [6, 6.07) is 22.1. The Bertz CT molecular complexity index is 1190. The van der Waals surface area contributed by atoms with Crippen molar-refractivity contribution in [1.82, 2.24) is 0 Å². The third-order valence-corrected chi connectivity index (χ3v) is 4.39.